The van der Waals surface area contributed by atoms with Gasteiger partial charge in [-0.1, -0.05) is 96.6 Å². The minimum Gasteiger partial charge on any atom is -0.287 e. The van der Waals surface area contributed by atoms with Gasteiger partial charge in [0.05, 0.1) is 0 Å². The Bertz CT molecular complexity index is 823. The van der Waals surface area contributed by atoms with E-state index in [1.54, 1.807) is 17.3 Å². The average Bonchev–Trinajstić information content (AvgIpc) is 3.22. The van der Waals surface area contributed by atoms with Gasteiger partial charge >= 0.3 is 0 Å². The third-order valence-electron chi connectivity index (χ3n) is 12.7. The molecule has 5 aliphatic rings. The predicted octanol–water partition coefficient (Wildman–Crippen LogP) is 10.6. The standard InChI is InChI=1S/C35H58OS/c1-24(2)10-9-11-25(3)30-16-17-31-29-15-14-27-23-28(37-33(36)22-26-12-7-6-8-13-26)18-20-34(27,4)32(29)19-21-35(30,31)5/h14,24-26,28-32H,6-13,15-23H2,1-5H3/t25-,28-,29+,30-,31+,32+,34-,35+/m0/s1. The maximum atomic E-state index is 12.9. The molecule has 0 heterocycles. The molecular formula is C35H58OS. The van der Waals surface area contributed by atoms with Gasteiger partial charge < -0.3 is 0 Å². The van der Waals surface area contributed by atoms with Crippen LogP contribution in [-0.2, 0) is 4.79 Å². The van der Waals surface area contributed by atoms with Crippen LogP contribution in [0.25, 0.3) is 0 Å². The molecule has 5 aliphatic carbocycles. The van der Waals surface area contributed by atoms with Gasteiger partial charge in [-0.25, -0.2) is 0 Å². The van der Waals surface area contributed by atoms with E-state index in [0.717, 1.165) is 41.9 Å². The minimum absolute atomic E-state index is 0.411. The molecule has 0 amide bonds. The third kappa shape index (κ3) is 5.81. The van der Waals surface area contributed by atoms with Crippen LogP contribution in [0.15, 0.2) is 11.6 Å². The van der Waals surface area contributed by atoms with Gasteiger partial charge in [-0.3, -0.25) is 4.79 Å². The van der Waals surface area contributed by atoms with Crippen molar-refractivity contribution in [3.05, 3.63) is 11.6 Å². The smallest absolute Gasteiger partial charge is 0.189 e. The zero-order chi connectivity index (χ0) is 26.2. The summed E-state index contributed by atoms with van der Waals surface area (Å²) < 4.78 is 0. The highest BCUT2D eigenvalue weighted by atomic mass is 32.2. The molecular weight excluding hydrogens is 468 g/mol. The van der Waals surface area contributed by atoms with Crippen LogP contribution in [0.1, 0.15) is 144 Å². The normalized spacial score (nSPS) is 41.0. The number of carbonyl (C=O) groups is 1. The zero-order valence-electron chi connectivity index (χ0n) is 25.0. The second kappa shape index (κ2) is 11.7. The summed E-state index contributed by atoms with van der Waals surface area (Å²) in [4.78, 5) is 12.9. The lowest BCUT2D eigenvalue weighted by molar-refractivity contribution is -0.112. The van der Waals surface area contributed by atoms with E-state index in [1.165, 1.54) is 103 Å². The molecule has 0 saturated heterocycles. The van der Waals surface area contributed by atoms with Gasteiger partial charge in [0, 0.05) is 11.7 Å². The third-order valence-corrected chi connectivity index (χ3v) is 13.9. The molecule has 0 spiro atoms. The number of carbonyl (C=O) groups excluding carboxylic acids is 1. The fourth-order valence-electron chi connectivity index (χ4n) is 10.6. The number of fused-ring (bicyclic) bond motifs is 5. The van der Waals surface area contributed by atoms with E-state index in [1.807, 2.05) is 0 Å². The Morgan fingerprint density at radius 2 is 1.73 bits per heavy atom. The summed E-state index contributed by atoms with van der Waals surface area (Å²) in [7, 11) is 0. The first-order valence-corrected chi connectivity index (χ1v) is 17.5. The number of allylic oxidation sites excluding steroid dienone is 2. The molecule has 0 aromatic rings. The summed E-state index contributed by atoms with van der Waals surface area (Å²) >= 11 is 1.74. The van der Waals surface area contributed by atoms with E-state index in [0.29, 0.717) is 27.1 Å². The lowest BCUT2D eigenvalue weighted by Crippen LogP contribution is -2.50. The molecule has 0 N–H and O–H groups in total. The maximum absolute atomic E-state index is 12.9. The zero-order valence-corrected chi connectivity index (χ0v) is 25.8. The number of hydrogen-bond donors (Lipinski definition) is 0. The molecule has 0 aromatic carbocycles. The highest BCUT2D eigenvalue weighted by molar-refractivity contribution is 8.14. The second-order valence-electron chi connectivity index (χ2n) is 15.4. The fourth-order valence-corrected chi connectivity index (χ4v) is 11.8. The first kappa shape index (κ1) is 28.3. The summed E-state index contributed by atoms with van der Waals surface area (Å²) in [5, 5.41) is 1.05. The van der Waals surface area contributed by atoms with E-state index in [9.17, 15) is 4.79 Å². The molecule has 4 saturated carbocycles. The molecule has 8 atom stereocenters. The molecule has 0 radical (unpaired) electrons. The summed E-state index contributed by atoms with van der Waals surface area (Å²) in [6.07, 6.45) is 25.5. The van der Waals surface area contributed by atoms with Gasteiger partial charge in [-0.05, 0) is 116 Å². The van der Waals surface area contributed by atoms with E-state index >= 15 is 0 Å². The Balaban J connectivity index is 1.20. The lowest BCUT2D eigenvalue weighted by Gasteiger charge is -2.58. The van der Waals surface area contributed by atoms with Crippen molar-refractivity contribution in [2.45, 2.75) is 149 Å². The van der Waals surface area contributed by atoms with Crippen LogP contribution in [0, 0.1) is 52.3 Å². The van der Waals surface area contributed by atoms with Crippen molar-refractivity contribution in [2.75, 3.05) is 0 Å². The first-order chi connectivity index (χ1) is 17.7. The van der Waals surface area contributed by atoms with Crippen LogP contribution in [0.4, 0.5) is 0 Å². The minimum atomic E-state index is 0.411. The predicted molar refractivity (Wildman–Crippen MR) is 161 cm³/mol. The van der Waals surface area contributed by atoms with E-state index < -0.39 is 0 Å². The quantitative estimate of drug-likeness (QED) is 0.293. The summed E-state index contributed by atoms with van der Waals surface area (Å²) in [5.41, 5.74) is 2.75. The van der Waals surface area contributed by atoms with Crippen LogP contribution < -0.4 is 0 Å². The molecule has 0 bridgehead atoms. The van der Waals surface area contributed by atoms with Crippen LogP contribution in [-0.4, -0.2) is 10.4 Å². The Morgan fingerprint density at radius 1 is 0.946 bits per heavy atom. The monoisotopic (exact) mass is 526 g/mol. The van der Waals surface area contributed by atoms with Crippen molar-refractivity contribution < 1.29 is 4.79 Å². The van der Waals surface area contributed by atoms with Crippen molar-refractivity contribution in [1.82, 2.24) is 0 Å². The Kier molecular flexibility index (Phi) is 8.95. The molecule has 5 rings (SSSR count). The van der Waals surface area contributed by atoms with Crippen molar-refractivity contribution in [2.24, 2.45) is 52.3 Å². The number of thioether (sulfide) groups is 1. The van der Waals surface area contributed by atoms with Crippen LogP contribution in [0.2, 0.25) is 0 Å². The van der Waals surface area contributed by atoms with Crippen molar-refractivity contribution >= 4 is 16.9 Å². The summed E-state index contributed by atoms with van der Waals surface area (Å²) in [6, 6.07) is 0. The van der Waals surface area contributed by atoms with Gasteiger partial charge in [-0.15, -0.1) is 0 Å². The molecule has 2 heteroatoms. The summed E-state index contributed by atoms with van der Waals surface area (Å²) in [6.45, 7) is 12.7. The van der Waals surface area contributed by atoms with Crippen molar-refractivity contribution in [1.29, 1.82) is 0 Å². The molecule has 0 unspecified atom stereocenters. The largest absolute Gasteiger partial charge is 0.287 e. The van der Waals surface area contributed by atoms with Gasteiger partial charge in [0.25, 0.3) is 0 Å². The van der Waals surface area contributed by atoms with Gasteiger partial charge in [0.2, 0.25) is 0 Å². The Morgan fingerprint density at radius 3 is 2.49 bits per heavy atom. The molecule has 1 nitrogen and oxygen atoms in total. The van der Waals surface area contributed by atoms with Crippen molar-refractivity contribution in [3.8, 4) is 0 Å². The second-order valence-corrected chi connectivity index (χ2v) is 16.7. The number of rotatable bonds is 8. The van der Waals surface area contributed by atoms with E-state index in [2.05, 4.69) is 40.7 Å². The lowest BCUT2D eigenvalue weighted by atomic mass is 9.47. The van der Waals surface area contributed by atoms with Crippen LogP contribution in [0.5, 0.6) is 0 Å². The van der Waals surface area contributed by atoms with Crippen LogP contribution >= 0.6 is 11.8 Å². The average molecular weight is 527 g/mol. The maximum Gasteiger partial charge on any atom is 0.189 e. The number of hydrogen-bond acceptors (Lipinski definition) is 2. The van der Waals surface area contributed by atoms with Crippen molar-refractivity contribution in [3.63, 3.8) is 0 Å². The Labute approximate surface area is 234 Å². The Hall–Kier alpha value is -0.240. The van der Waals surface area contributed by atoms with E-state index in [-0.39, 0.29) is 0 Å². The highest BCUT2D eigenvalue weighted by Gasteiger charge is 2.59. The fraction of sp³-hybridized carbons (Fsp3) is 0.914. The molecule has 37 heavy (non-hydrogen) atoms. The molecule has 0 aromatic heterocycles. The molecule has 4 fully saturated rings. The van der Waals surface area contributed by atoms with Crippen LogP contribution in [0.3, 0.4) is 0 Å². The summed E-state index contributed by atoms with van der Waals surface area (Å²) in [5.74, 6) is 6.13. The van der Waals surface area contributed by atoms with Gasteiger partial charge in [-0.2, -0.15) is 0 Å². The molecule has 0 aliphatic heterocycles. The van der Waals surface area contributed by atoms with Gasteiger partial charge in [0.1, 0.15) is 0 Å². The SMILES string of the molecule is CC(C)CCC[C@H](C)[C@@H]1CC[C@@H]2[C@H]3CC=C4C[C@@H](SC(=O)CC5CCCCC5)CC[C@]4(C)[C@@H]3CC[C@@]21C. The highest BCUT2D eigenvalue weighted by Crippen LogP contribution is 2.67. The molecule has 210 valence electrons. The topological polar surface area (TPSA) is 17.1 Å². The first-order valence-electron chi connectivity index (χ1n) is 16.6. The van der Waals surface area contributed by atoms with E-state index in [4.69, 9.17) is 0 Å². The van der Waals surface area contributed by atoms with Gasteiger partial charge in [0.15, 0.2) is 5.12 Å².